The van der Waals surface area contributed by atoms with Gasteiger partial charge in [-0.15, -0.1) is 0 Å². The number of carbonyl (C=O) groups excluding carboxylic acids is 5. The van der Waals surface area contributed by atoms with Crippen molar-refractivity contribution in [1.82, 2.24) is 0 Å². The van der Waals surface area contributed by atoms with E-state index in [9.17, 15) is 19.2 Å². The summed E-state index contributed by atoms with van der Waals surface area (Å²) in [5, 5.41) is 8.26. The molecule has 9 rings (SSSR count). The molecule has 0 saturated heterocycles. The Kier molecular flexibility index (Phi) is 17.8. The minimum Gasteiger partial charge on any atom is -0.466 e. The Morgan fingerprint density at radius 2 is 1.03 bits per heavy atom. The Bertz CT molecular complexity index is 3100. The molecule has 2 saturated carbocycles. The lowest BCUT2D eigenvalue weighted by atomic mass is 9.67. The number of oxime groups is 2. The molecule has 0 radical (unpaired) electrons. The Morgan fingerprint density at radius 1 is 0.526 bits per heavy atom. The van der Waals surface area contributed by atoms with Gasteiger partial charge in [0.2, 0.25) is 11.6 Å². The molecule has 4 aliphatic carbocycles. The van der Waals surface area contributed by atoms with Crippen LogP contribution >= 0.6 is 0 Å². The van der Waals surface area contributed by atoms with Crippen LogP contribution in [0.1, 0.15) is 217 Å². The molecule has 0 bridgehead atoms. The van der Waals surface area contributed by atoms with Gasteiger partial charge in [0.1, 0.15) is 5.71 Å². The van der Waals surface area contributed by atoms with Crippen molar-refractivity contribution in [2.24, 2.45) is 22.1 Å². The fourth-order valence-corrected chi connectivity index (χ4v) is 14.0. The Balaban J connectivity index is 1.05. The number of aryl methyl sites for hydroxylation is 1. The Labute approximate surface area is 461 Å². The number of rotatable bonds is 22. The third-order valence-electron chi connectivity index (χ3n) is 17.6. The highest BCUT2D eigenvalue weighted by atomic mass is 16.7. The summed E-state index contributed by atoms with van der Waals surface area (Å²) in [5.41, 5.74) is 13.2. The van der Waals surface area contributed by atoms with Gasteiger partial charge in [-0.3, -0.25) is 14.4 Å². The zero-order valence-electron chi connectivity index (χ0n) is 46.9. The van der Waals surface area contributed by atoms with Crippen LogP contribution in [0.5, 0.6) is 0 Å². The molecule has 408 valence electrons. The topological polar surface area (TPSA) is 138 Å². The maximum atomic E-state index is 15.2. The number of hydrogen-bond acceptors (Lipinski definition) is 10. The number of nitrogens with zero attached hydrogens (tertiary/aromatic N) is 2. The normalized spacial score (nSPS) is 16.6. The van der Waals surface area contributed by atoms with Crippen molar-refractivity contribution >= 4 is 40.9 Å². The van der Waals surface area contributed by atoms with Crippen molar-refractivity contribution < 1.29 is 38.4 Å². The quantitative estimate of drug-likeness (QED) is 0.0220. The molecule has 5 aromatic carbocycles. The first-order valence-electron chi connectivity index (χ1n) is 29.2. The number of ether oxygens (including phenoxy) is 1. The van der Waals surface area contributed by atoms with Gasteiger partial charge in [-0.2, -0.15) is 0 Å². The van der Waals surface area contributed by atoms with Crippen LogP contribution < -0.4 is 0 Å². The Morgan fingerprint density at radius 3 is 1.59 bits per heavy atom. The lowest BCUT2D eigenvalue weighted by Gasteiger charge is -2.36. The maximum absolute atomic E-state index is 15.2. The van der Waals surface area contributed by atoms with Crippen LogP contribution in [0.4, 0.5) is 0 Å². The van der Waals surface area contributed by atoms with Gasteiger partial charge in [0.05, 0.1) is 13.0 Å². The van der Waals surface area contributed by atoms with E-state index in [1.54, 1.807) is 13.0 Å². The number of fused-ring (bicyclic) bond motifs is 6. The summed E-state index contributed by atoms with van der Waals surface area (Å²) in [6, 6.07) is 33.5. The van der Waals surface area contributed by atoms with E-state index in [2.05, 4.69) is 84.8 Å². The van der Waals surface area contributed by atoms with Crippen LogP contribution in [0.2, 0.25) is 0 Å². The smallest absolute Gasteiger partial charge is 0.332 e. The number of hydrogen-bond donors (Lipinski definition) is 0. The van der Waals surface area contributed by atoms with Crippen molar-refractivity contribution in [2.75, 3.05) is 6.61 Å². The number of ketones is 2. The monoisotopic (exact) mass is 1050 g/mol. The van der Waals surface area contributed by atoms with Crippen molar-refractivity contribution in [3.8, 4) is 33.4 Å². The molecule has 0 atom stereocenters. The van der Waals surface area contributed by atoms with Gasteiger partial charge in [-0.1, -0.05) is 180 Å². The summed E-state index contributed by atoms with van der Waals surface area (Å²) in [4.78, 5) is 76.4. The highest BCUT2D eigenvalue weighted by Crippen LogP contribution is 2.57. The van der Waals surface area contributed by atoms with Gasteiger partial charge in [-0.25, -0.2) is 9.59 Å². The van der Waals surface area contributed by atoms with E-state index in [0.717, 1.165) is 83.7 Å². The highest BCUT2D eigenvalue weighted by Gasteiger charge is 2.45. The van der Waals surface area contributed by atoms with E-state index in [-0.39, 0.29) is 42.1 Å². The molecule has 10 nitrogen and oxygen atoms in total. The van der Waals surface area contributed by atoms with E-state index >= 15 is 4.79 Å². The first kappa shape index (κ1) is 55.9. The second-order valence-corrected chi connectivity index (χ2v) is 22.7. The molecule has 0 aromatic heterocycles. The lowest BCUT2D eigenvalue weighted by Crippen LogP contribution is -2.28. The fourth-order valence-electron chi connectivity index (χ4n) is 14.0. The minimum absolute atomic E-state index is 0.0328. The molecule has 10 heteroatoms. The number of Topliss-reactive ketones (excluding diaryl/α,β-unsaturated/α-hetero) is 2. The fraction of sp³-hybridized carbons (Fsp3) is 0.456. The summed E-state index contributed by atoms with van der Waals surface area (Å²) in [6.45, 7) is 10.8. The molecule has 78 heavy (non-hydrogen) atoms. The summed E-state index contributed by atoms with van der Waals surface area (Å²) < 4.78 is 5.11. The second-order valence-electron chi connectivity index (χ2n) is 22.7. The molecule has 0 N–H and O–H groups in total. The van der Waals surface area contributed by atoms with Crippen molar-refractivity contribution in [2.45, 2.75) is 181 Å². The third-order valence-corrected chi connectivity index (χ3v) is 17.6. The molecule has 0 amide bonds. The molecule has 5 aromatic rings. The molecule has 0 heterocycles. The van der Waals surface area contributed by atoms with E-state index < -0.39 is 29.1 Å². The van der Waals surface area contributed by atoms with Crippen molar-refractivity contribution in [1.29, 1.82) is 0 Å². The van der Waals surface area contributed by atoms with E-state index in [4.69, 9.17) is 14.4 Å². The van der Waals surface area contributed by atoms with Gasteiger partial charge in [0.25, 0.3) is 0 Å². The average Bonchev–Trinajstić information content (AvgIpc) is 3.93. The van der Waals surface area contributed by atoms with Gasteiger partial charge in [0, 0.05) is 47.8 Å². The zero-order valence-corrected chi connectivity index (χ0v) is 46.9. The molecule has 0 spiro atoms. The maximum Gasteiger partial charge on any atom is 0.332 e. The standard InChI is InChI=1S/C68H78N2O8/c1-7-36-67(37-8-2)59-41-50(25-29-56(59)57-30-26-51(42-60(57)67)65(74)62(69-77-45(5)71)32-33-63(73)76-9-3)49-24-28-53(44(4)40-49)64(70-78-46(6)72)66(75)52-27-31-55-54-22-16-17-23-58(54)68(61(55)43-52,38-34-47-18-12-10-13-19-47)39-35-48-20-14-11-15-21-48/h16-17,22-31,40-43,47-48H,7-15,18-21,32-39H2,1-6H3/b69-62+,70-64+. The largest absolute Gasteiger partial charge is 0.466 e. The van der Waals surface area contributed by atoms with Crippen molar-refractivity contribution in [3.63, 3.8) is 0 Å². The predicted octanol–water partition coefficient (Wildman–Crippen LogP) is 16.1. The number of carbonyl (C=O) groups is 5. The van der Waals surface area contributed by atoms with Crippen LogP contribution in [-0.2, 0) is 39.6 Å². The number of benzene rings is 5. The molecule has 2 fully saturated rings. The van der Waals surface area contributed by atoms with Crippen molar-refractivity contribution in [3.05, 3.63) is 142 Å². The summed E-state index contributed by atoms with van der Waals surface area (Å²) in [6.07, 6.45) is 20.9. The lowest BCUT2D eigenvalue weighted by molar-refractivity contribution is -0.143. The minimum atomic E-state index is -0.669. The van der Waals surface area contributed by atoms with Gasteiger partial charge >= 0.3 is 17.9 Å². The van der Waals surface area contributed by atoms with Crippen LogP contribution in [-0.4, -0.2) is 47.5 Å². The predicted molar refractivity (Wildman–Crippen MR) is 309 cm³/mol. The van der Waals surface area contributed by atoms with Gasteiger partial charge < -0.3 is 14.4 Å². The average molecular weight is 1050 g/mol. The van der Waals surface area contributed by atoms with Gasteiger partial charge in [0.15, 0.2) is 5.71 Å². The first-order valence-corrected chi connectivity index (χ1v) is 29.2. The molecule has 0 aliphatic heterocycles. The Hall–Kier alpha value is -6.81. The molecule has 0 unspecified atom stereocenters. The summed E-state index contributed by atoms with van der Waals surface area (Å²) in [7, 11) is 0. The molecular weight excluding hydrogens is 973 g/mol. The zero-order chi connectivity index (χ0) is 55.0. The SMILES string of the molecule is CCCC1(CCC)c2cc(C(=O)/C(CCC(=O)OCC)=N/OC(C)=O)ccc2-c2ccc(-c3ccc(/C(=N\OC(C)=O)C(=O)c4ccc5c(c4)C(CCC4CCCCC4)(CCC4CCCCC4)c4ccccc4-5)c(C)c3)cc21. The van der Waals surface area contributed by atoms with Crippen LogP contribution in [0.25, 0.3) is 33.4 Å². The third kappa shape index (κ3) is 11.6. The first-order chi connectivity index (χ1) is 37.8. The summed E-state index contributed by atoms with van der Waals surface area (Å²) >= 11 is 0. The van der Waals surface area contributed by atoms with E-state index in [1.165, 1.54) is 119 Å². The van der Waals surface area contributed by atoms with Crippen LogP contribution in [0.3, 0.4) is 0 Å². The second kappa shape index (κ2) is 24.9. The van der Waals surface area contributed by atoms with Gasteiger partial charge in [-0.05, 0) is 144 Å². The van der Waals surface area contributed by atoms with Crippen LogP contribution in [0.15, 0.2) is 107 Å². The van der Waals surface area contributed by atoms with E-state index in [0.29, 0.717) is 16.7 Å². The van der Waals surface area contributed by atoms with Crippen LogP contribution in [0, 0.1) is 18.8 Å². The highest BCUT2D eigenvalue weighted by molar-refractivity contribution is 6.51. The molecular formula is C68H78N2O8. The number of esters is 1. The summed E-state index contributed by atoms with van der Waals surface area (Å²) in [5.74, 6) is -1.01. The molecule has 4 aliphatic rings. The van der Waals surface area contributed by atoms with E-state index in [1.807, 2.05) is 37.3 Å².